The van der Waals surface area contributed by atoms with E-state index in [-0.39, 0.29) is 5.91 Å². The van der Waals surface area contributed by atoms with E-state index in [1.54, 1.807) is 44.7 Å². The molecule has 0 unspecified atom stereocenters. The number of methoxy groups -OCH3 is 2. The number of nitrogens with one attached hydrogen (secondary N) is 2. The van der Waals surface area contributed by atoms with Crippen LogP contribution in [-0.4, -0.2) is 25.1 Å². The van der Waals surface area contributed by atoms with Gasteiger partial charge in [-0.2, -0.15) is 0 Å². The van der Waals surface area contributed by atoms with Crippen LogP contribution in [0.1, 0.15) is 21.5 Å². The fourth-order valence-electron chi connectivity index (χ4n) is 2.65. The van der Waals surface area contributed by atoms with Gasteiger partial charge in [-0.25, -0.2) is 4.98 Å². The van der Waals surface area contributed by atoms with Gasteiger partial charge in [0.2, 0.25) is 0 Å². The van der Waals surface area contributed by atoms with Crippen molar-refractivity contribution < 1.29 is 14.3 Å². The Morgan fingerprint density at radius 3 is 2.11 bits per heavy atom. The lowest BCUT2D eigenvalue weighted by Gasteiger charge is -2.10. The quantitative estimate of drug-likeness (QED) is 0.651. The Morgan fingerprint density at radius 1 is 0.857 bits per heavy atom. The zero-order valence-corrected chi connectivity index (χ0v) is 16.4. The number of carbonyl (C=O) groups is 1. The first-order valence-electron chi connectivity index (χ1n) is 8.83. The molecule has 0 radical (unpaired) electrons. The Balaban J connectivity index is 1.70. The van der Waals surface area contributed by atoms with Crippen molar-refractivity contribution in [2.45, 2.75) is 13.8 Å². The summed E-state index contributed by atoms with van der Waals surface area (Å²) in [5, 5.41) is 6.09. The predicted octanol–water partition coefficient (Wildman–Crippen LogP) is 4.71. The minimum Gasteiger partial charge on any atom is -0.497 e. The van der Waals surface area contributed by atoms with Gasteiger partial charge in [-0.3, -0.25) is 4.79 Å². The number of ether oxygens (including phenoxy) is 2. The van der Waals surface area contributed by atoms with E-state index in [4.69, 9.17) is 9.47 Å². The lowest BCUT2D eigenvalue weighted by molar-refractivity contribution is 0.102. The van der Waals surface area contributed by atoms with Gasteiger partial charge in [-0.05, 0) is 61.4 Å². The van der Waals surface area contributed by atoms with E-state index in [2.05, 4.69) is 41.6 Å². The molecule has 0 spiro atoms. The smallest absolute Gasteiger partial charge is 0.255 e. The highest BCUT2D eigenvalue weighted by Crippen LogP contribution is 2.24. The van der Waals surface area contributed by atoms with Crippen LogP contribution in [0.5, 0.6) is 11.5 Å². The normalized spacial score (nSPS) is 10.3. The Morgan fingerprint density at radius 2 is 1.54 bits per heavy atom. The fraction of sp³-hybridized carbons (Fsp3) is 0.182. The third-order valence-corrected chi connectivity index (χ3v) is 4.41. The average Bonchev–Trinajstić information content (AvgIpc) is 2.71. The van der Waals surface area contributed by atoms with Gasteiger partial charge in [0.25, 0.3) is 5.91 Å². The van der Waals surface area contributed by atoms with Crippen molar-refractivity contribution in [2.75, 3.05) is 24.9 Å². The Kier molecular flexibility index (Phi) is 5.79. The Labute approximate surface area is 164 Å². The minimum absolute atomic E-state index is 0.270. The van der Waals surface area contributed by atoms with Crippen LogP contribution in [0.3, 0.4) is 0 Å². The molecule has 0 aliphatic rings. The lowest BCUT2D eigenvalue weighted by atomic mass is 10.1. The van der Waals surface area contributed by atoms with Crippen LogP contribution in [0.15, 0.2) is 54.7 Å². The topological polar surface area (TPSA) is 72.5 Å². The average molecular weight is 377 g/mol. The molecule has 0 saturated carbocycles. The molecule has 6 heteroatoms. The first-order valence-corrected chi connectivity index (χ1v) is 8.83. The Hall–Kier alpha value is -3.54. The number of nitrogens with zero attached hydrogens (tertiary/aromatic N) is 1. The maximum atomic E-state index is 12.5. The van der Waals surface area contributed by atoms with Gasteiger partial charge in [-0.15, -0.1) is 0 Å². The monoisotopic (exact) mass is 377 g/mol. The highest BCUT2D eigenvalue weighted by molar-refractivity contribution is 6.04. The largest absolute Gasteiger partial charge is 0.497 e. The van der Waals surface area contributed by atoms with Crippen LogP contribution in [0, 0.1) is 13.8 Å². The second kappa shape index (κ2) is 8.43. The second-order valence-electron chi connectivity index (χ2n) is 6.41. The maximum Gasteiger partial charge on any atom is 0.255 e. The van der Waals surface area contributed by atoms with E-state index in [1.165, 1.54) is 11.1 Å². The minimum atomic E-state index is -0.270. The highest BCUT2D eigenvalue weighted by atomic mass is 16.5. The van der Waals surface area contributed by atoms with Crippen molar-refractivity contribution >= 4 is 23.1 Å². The summed E-state index contributed by atoms with van der Waals surface area (Å²) in [4.78, 5) is 16.9. The molecule has 6 nitrogen and oxygen atoms in total. The SMILES string of the molecule is COc1cc(OC)cc(C(=O)Nc2ccc(Nc3ccc(C)c(C)c3)nc2)c1. The number of amides is 1. The molecule has 2 aromatic carbocycles. The van der Waals surface area contributed by atoms with Gasteiger partial charge in [0.05, 0.1) is 26.1 Å². The molecule has 1 heterocycles. The number of anilines is 3. The highest BCUT2D eigenvalue weighted by Gasteiger charge is 2.10. The predicted molar refractivity (Wildman–Crippen MR) is 111 cm³/mol. The van der Waals surface area contributed by atoms with Crippen LogP contribution in [0.2, 0.25) is 0 Å². The van der Waals surface area contributed by atoms with Gasteiger partial charge in [0.15, 0.2) is 0 Å². The zero-order valence-electron chi connectivity index (χ0n) is 16.4. The molecule has 1 aromatic heterocycles. The van der Waals surface area contributed by atoms with Gasteiger partial charge in [0.1, 0.15) is 17.3 Å². The molecule has 0 aliphatic heterocycles. The van der Waals surface area contributed by atoms with Gasteiger partial charge in [-0.1, -0.05) is 6.07 Å². The first-order chi connectivity index (χ1) is 13.5. The van der Waals surface area contributed by atoms with Crippen LogP contribution in [0.4, 0.5) is 17.2 Å². The molecule has 2 N–H and O–H groups in total. The summed E-state index contributed by atoms with van der Waals surface area (Å²) in [5.74, 6) is 1.53. The molecular weight excluding hydrogens is 354 g/mol. The number of benzene rings is 2. The summed E-state index contributed by atoms with van der Waals surface area (Å²) in [6.07, 6.45) is 1.61. The van der Waals surface area contributed by atoms with E-state index < -0.39 is 0 Å². The van der Waals surface area contributed by atoms with Crippen LogP contribution < -0.4 is 20.1 Å². The third-order valence-electron chi connectivity index (χ3n) is 4.41. The van der Waals surface area contributed by atoms with Crippen molar-refractivity contribution in [2.24, 2.45) is 0 Å². The number of aryl methyl sites for hydroxylation is 2. The molecule has 0 atom stereocenters. The van der Waals surface area contributed by atoms with Crippen molar-refractivity contribution in [3.8, 4) is 11.5 Å². The van der Waals surface area contributed by atoms with Crippen LogP contribution in [0.25, 0.3) is 0 Å². The third kappa shape index (κ3) is 4.59. The van der Waals surface area contributed by atoms with Gasteiger partial charge in [0, 0.05) is 17.3 Å². The first kappa shape index (κ1) is 19.2. The molecule has 28 heavy (non-hydrogen) atoms. The summed E-state index contributed by atoms with van der Waals surface area (Å²) >= 11 is 0. The molecule has 144 valence electrons. The van der Waals surface area contributed by atoms with E-state index in [1.807, 2.05) is 12.1 Å². The fourth-order valence-corrected chi connectivity index (χ4v) is 2.65. The van der Waals surface area contributed by atoms with E-state index in [0.717, 1.165) is 5.69 Å². The standard InChI is InChI=1S/C22H23N3O3/c1-14-5-6-17(9-15(14)2)24-21-8-7-18(13-23-21)25-22(26)16-10-19(27-3)12-20(11-16)28-4/h5-13H,1-4H3,(H,23,24)(H,25,26). The van der Waals surface area contributed by atoms with Crippen LogP contribution in [-0.2, 0) is 0 Å². The number of hydrogen-bond donors (Lipinski definition) is 2. The molecule has 0 saturated heterocycles. The van der Waals surface area contributed by atoms with Crippen LogP contribution >= 0.6 is 0 Å². The summed E-state index contributed by atoms with van der Waals surface area (Å²) in [6.45, 7) is 4.15. The van der Waals surface area contributed by atoms with E-state index in [9.17, 15) is 4.79 Å². The number of hydrogen-bond acceptors (Lipinski definition) is 5. The molecule has 0 aliphatic carbocycles. The van der Waals surface area contributed by atoms with Crippen molar-refractivity contribution in [3.05, 3.63) is 71.4 Å². The van der Waals surface area contributed by atoms with Crippen molar-refractivity contribution in [1.29, 1.82) is 0 Å². The molecule has 0 bridgehead atoms. The number of aromatic nitrogens is 1. The molecule has 3 aromatic rings. The molecular formula is C22H23N3O3. The summed E-state index contributed by atoms with van der Waals surface area (Å²) in [5.41, 5.74) is 4.45. The lowest BCUT2D eigenvalue weighted by Crippen LogP contribution is -2.12. The second-order valence-corrected chi connectivity index (χ2v) is 6.41. The van der Waals surface area contributed by atoms with Crippen molar-refractivity contribution in [1.82, 2.24) is 4.98 Å². The van der Waals surface area contributed by atoms with E-state index in [0.29, 0.717) is 28.6 Å². The molecule has 3 rings (SSSR count). The summed E-state index contributed by atoms with van der Waals surface area (Å²) < 4.78 is 10.4. The van der Waals surface area contributed by atoms with Gasteiger partial charge < -0.3 is 20.1 Å². The van der Waals surface area contributed by atoms with E-state index >= 15 is 0 Å². The summed E-state index contributed by atoms with van der Waals surface area (Å²) in [6, 6.07) is 14.8. The summed E-state index contributed by atoms with van der Waals surface area (Å²) in [7, 11) is 3.09. The number of carbonyl (C=O) groups excluding carboxylic acids is 1. The Bertz CT molecular complexity index is 963. The maximum absolute atomic E-state index is 12.5. The molecule has 0 fully saturated rings. The molecule has 1 amide bonds. The number of rotatable bonds is 6. The van der Waals surface area contributed by atoms with Crippen molar-refractivity contribution in [3.63, 3.8) is 0 Å². The van der Waals surface area contributed by atoms with Gasteiger partial charge >= 0.3 is 0 Å². The number of pyridine rings is 1. The zero-order chi connectivity index (χ0) is 20.1.